The van der Waals surface area contributed by atoms with Gasteiger partial charge in [-0.1, -0.05) is 36.4 Å². The first-order valence-corrected chi connectivity index (χ1v) is 9.59. The third-order valence-electron chi connectivity index (χ3n) is 3.77. The van der Waals surface area contributed by atoms with Gasteiger partial charge in [0.1, 0.15) is 17.1 Å². The molecule has 0 aliphatic carbocycles. The van der Waals surface area contributed by atoms with Crippen molar-refractivity contribution in [2.45, 2.75) is 0 Å². The fourth-order valence-electron chi connectivity index (χ4n) is 2.34. The molecule has 0 spiro atoms. The first kappa shape index (κ1) is 21.5. The molecule has 0 atom stereocenters. The molecule has 0 aliphatic rings. The van der Waals surface area contributed by atoms with Crippen LogP contribution in [0.3, 0.4) is 0 Å². The summed E-state index contributed by atoms with van der Waals surface area (Å²) in [6.07, 6.45) is 0. The monoisotopic (exact) mass is 403 g/mol. The Bertz CT molecular complexity index is 1080. The Morgan fingerprint density at radius 1 is 1.00 bits per heavy atom. The number of azo groups is 1. The van der Waals surface area contributed by atoms with E-state index in [1.807, 2.05) is 54.6 Å². The molecule has 0 saturated carbocycles. The lowest BCUT2D eigenvalue weighted by atomic mass is 10.1. The number of benzene rings is 3. The summed E-state index contributed by atoms with van der Waals surface area (Å²) in [6.45, 7) is 0. The molecule has 0 fully saturated rings. The number of quaternary nitrogens is 1. The predicted octanol–water partition coefficient (Wildman–Crippen LogP) is 2.83. The van der Waals surface area contributed by atoms with Gasteiger partial charge in [0.15, 0.2) is 0 Å². The minimum Gasteiger partial charge on any atom is -0.726 e. The first-order valence-electron chi connectivity index (χ1n) is 8.26. The number of phenolic OH excluding ortho intramolecular Hbond substituents is 1. The summed E-state index contributed by atoms with van der Waals surface area (Å²) >= 11 is 0. The number of fused-ring (bicyclic) bond motifs is 1. The van der Waals surface area contributed by atoms with Gasteiger partial charge in [-0.15, -0.1) is 5.11 Å². The van der Waals surface area contributed by atoms with Gasteiger partial charge >= 0.3 is 0 Å². The van der Waals surface area contributed by atoms with Crippen molar-refractivity contribution in [2.24, 2.45) is 10.2 Å². The Kier molecular flexibility index (Phi) is 7.18. The van der Waals surface area contributed by atoms with Gasteiger partial charge in [-0.2, -0.15) is 5.11 Å². The molecule has 0 aromatic heterocycles. The summed E-state index contributed by atoms with van der Waals surface area (Å²) in [4.78, 5) is 1.23. The highest BCUT2D eigenvalue weighted by Crippen LogP contribution is 2.35. The van der Waals surface area contributed by atoms with E-state index in [1.165, 1.54) is 4.90 Å². The van der Waals surface area contributed by atoms with E-state index in [-0.39, 0.29) is 5.75 Å². The highest BCUT2D eigenvalue weighted by Gasteiger charge is 2.06. The second-order valence-corrected chi connectivity index (χ2v) is 7.13. The Hall–Kier alpha value is -2.85. The van der Waals surface area contributed by atoms with Crippen LogP contribution in [0.15, 0.2) is 70.9 Å². The van der Waals surface area contributed by atoms with Crippen molar-refractivity contribution in [3.8, 4) is 5.75 Å². The lowest BCUT2D eigenvalue weighted by Crippen LogP contribution is -3.00. The third-order valence-corrected chi connectivity index (χ3v) is 4.18. The normalized spacial score (nSPS) is 11.6. The number of hydrogen-bond acceptors (Lipinski definition) is 7. The van der Waals surface area contributed by atoms with Crippen molar-refractivity contribution in [3.05, 3.63) is 60.7 Å². The van der Waals surface area contributed by atoms with Crippen LogP contribution in [0.2, 0.25) is 0 Å². The van der Waals surface area contributed by atoms with E-state index in [2.05, 4.69) is 28.5 Å². The molecular weight excluding hydrogens is 382 g/mol. The highest BCUT2D eigenvalue weighted by molar-refractivity contribution is 7.80. The number of rotatable bonds is 4. The van der Waals surface area contributed by atoms with Gasteiger partial charge in [0.25, 0.3) is 0 Å². The van der Waals surface area contributed by atoms with Gasteiger partial charge in [-0.25, -0.2) is 8.42 Å². The Morgan fingerprint density at radius 3 is 2.32 bits per heavy atom. The number of aromatic hydroxyl groups is 1. The molecule has 0 bridgehead atoms. The fraction of sp³-hybridized carbons (Fsp3) is 0.158. The van der Waals surface area contributed by atoms with Crippen molar-refractivity contribution < 1.29 is 27.2 Å². The van der Waals surface area contributed by atoms with E-state index in [0.717, 1.165) is 29.3 Å². The lowest BCUT2D eigenvalue weighted by molar-refractivity contribution is -0.786. The zero-order chi connectivity index (χ0) is 20.7. The molecule has 0 saturated heterocycles. The van der Waals surface area contributed by atoms with Crippen LogP contribution in [-0.4, -0.2) is 39.3 Å². The summed E-state index contributed by atoms with van der Waals surface area (Å²) in [5.41, 5.74) is 2.41. The summed E-state index contributed by atoms with van der Waals surface area (Å²) in [6, 6.07) is 19.2. The van der Waals surface area contributed by atoms with Gasteiger partial charge in [-0.3, -0.25) is 4.18 Å². The molecule has 0 radical (unpaired) electrons. The number of hydrogen-bond donors (Lipinski definition) is 2. The molecule has 0 unspecified atom stereocenters. The molecular formula is C19H21N3O5S. The van der Waals surface area contributed by atoms with Crippen molar-refractivity contribution in [2.75, 3.05) is 21.2 Å². The van der Waals surface area contributed by atoms with Gasteiger partial charge < -0.3 is 14.6 Å². The van der Waals surface area contributed by atoms with E-state index in [4.69, 9.17) is 0 Å². The number of nitrogens with zero attached hydrogens (tertiary/aromatic N) is 2. The Morgan fingerprint density at radius 2 is 1.68 bits per heavy atom. The molecule has 0 heterocycles. The molecule has 2 N–H and O–H groups in total. The van der Waals surface area contributed by atoms with E-state index >= 15 is 0 Å². The van der Waals surface area contributed by atoms with Crippen LogP contribution >= 0.6 is 0 Å². The minimum absolute atomic E-state index is 0.136. The van der Waals surface area contributed by atoms with Gasteiger partial charge in [0.05, 0.1) is 26.9 Å². The van der Waals surface area contributed by atoms with Crippen molar-refractivity contribution >= 4 is 38.2 Å². The maximum absolute atomic E-state index is 10.1. The minimum atomic E-state index is -4.41. The Balaban J connectivity index is 0.000000409. The maximum atomic E-state index is 10.1. The largest absolute Gasteiger partial charge is 0.726 e. The van der Waals surface area contributed by atoms with E-state index in [1.54, 1.807) is 6.07 Å². The molecule has 8 nitrogen and oxygen atoms in total. The van der Waals surface area contributed by atoms with Crippen LogP contribution in [0.4, 0.5) is 17.1 Å². The standard InChI is InChI=1S/C18H17N3O.CH4O4S/c1-21(2)15-8-5-7-14(12-15)19-20-18-16-9-4-3-6-13(16)10-11-17(18)22;1-5-6(2,3)4/h3-12,22H,1-2H3;1H3,(H,2,3,4). The summed E-state index contributed by atoms with van der Waals surface area (Å²) in [5.74, 6) is 0.136. The van der Waals surface area contributed by atoms with Gasteiger partial charge in [0.2, 0.25) is 10.4 Å². The second kappa shape index (κ2) is 9.38. The lowest BCUT2D eigenvalue weighted by Gasteiger charge is -2.06. The molecule has 28 heavy (non-hydrogen) atoms. The van der Waals surface area contributed by atoms with Crippen molar-refractivity contribution in [3.63, 3.8) is 0 Å². The van der Waals surface area contributed by atoms with Crippen LogP contribution in [-0.2, 0) is 14.6 Å². The zero-order valence-corrected chi connectivity index (χ0v) is 16.5. The molecule has 0 amide bonds. The van der Waals surface area contributed by atoms with Gasteiger partial charge in [0, 0.05) is 11.5 Å². The quantitative estimate of drug-likeness (QED) is 0.395. The van der Waals surface area contributed by atoms with Crippen molar-refractivity contribution in [1.82, 2.24) is 0 Å². The van der Waals surface area contributed by atoms with Crippen LogP contribution in [0.25, 0.3) is 10.8 Å². The highest BCUT2D eigenvalue weighted by atomic mass is 32.3. The third kappa shape index (κ3) is 6.10. The Labute approximate surface area is 163 Å². The van der Waals surface area contributed by atoms with E-state index in [9.17, 15) is 18.1 Å². The molecule has 3 rings (SSSR count). The molecule has 3 aromatic rings. The van der Waals surface area contributed by atoms with Crippen LogP contribution < -0.4 is 4.90 Å². The maximum Gasteiger partial charge on any atom is 0.217 e. The molecule has 3 aromatic carbocycles. The average molecular weight is 403 g/mol. The van der Waals surface area contributed by atoms with Crippen LogP contribution in [0.1, 0.15) is 0 Å². The van der Waals surface area contributed by atoms with Gasteiger partial charge in [-0.05, 0) is 23.6 Å². The fourth-order valence-corrected chi connectivity index (χ4v) is 2.34. The molecule has 148 valence electrons. The van der Waals surface area contributed by atoms with Crippen LogP contribution in [0, 0.1) is 0 Å². The molecule has 0 aliphatic heterocycles. The smallest absolute Gasteiger partial charge is 0.217 e. The molecule has 9 heteroatoms. The van der Waals surface area contributed by atoms with E-state index in [0.29, 0.717) is 5.69 Å². The summed E-state index contributed by atoms with van der Waals surface area (Å²) in [5, 5.41) is 20.5. The SMILES string of the molecule is COS(=O)(=O)[O-].C[NH+](C)c1cccc(N=Nc2c(O)ccc3ccccc23)c1. The first-order chi connectivity index (χ1) is 13.2. The predicted molar refractivity (Wildman–Crippen MR) is 105 cm³/mol. The average Bonchev–Trinajstić information content (AvgIpc) is 2.67. The number of nitrogens with one attached hydrogen (secondary N) is 1. The zero-order valence-electron chi connectivity index (χ0n) is 15.7. The van der Waals surface area contributed by atoms with Crippen LogP contribution in [0.5, 0.6) is 5.75 Å². The van der Waals surface area contributed by atoms with Crippen molar-refractivity contribution in [1.29, 1.82) is 0 Å². The topological polar surface area (TPSA) is 116 Å². The summed E-state index contributed by atoms with van der Waals surface area (Å²) in [7, 11) is 0.520. The number of phenols is 1. The second-order valence-electron chi connectivity index (χ2n) is 5.98. The van der Waals surface area contributed by atoms with E-state index < -0.39 is 10.4 Å². The summed E-state index contributed by atoms with van der Waals surface area (Å²) < 4.78 is 31.0.